The van der Waals surface area contributed by atoms with Gasteiger partial charge in [-0.1, -0.05) is 6.42 Å². The molecule has 0 aliphatic carbocycles. The molecule has 0 saturated carbocycles. The Labute approximate surface area is 139 Å². The number of sulfonamides is 1. The fourth-order valence-corrected chi connectivity index (χ4v) is 4.44. The van der Waals surface area contributed by atoms with Crippen molar-refractivity contribution in [2.75, 3.05) is 24.7 Å². The predicted molar refractivity (Wildman–Crippen MR) is 88.1 cm³/mol. The van der Waals surface area contributed by atoms with Crippen LogP contribution in [0.2, 0.25) is 0 Å². The largest absolute Gasteiger partial charge is 0.462 e. The van der Waals surface area contributed by atoms with E-state index in [-0.39, 0.29) is 12.2 Å². The molecule has 1 aliphatic heterocycles. The number of anilines is 1. The number of esters is 1. The van der Waals surface area contributed by atoms with Crippen LogP contribution >= 0.6 is 11.3 Å². The average Bonchev–Trinajstić information content (AvgIpc) is 2.95. The summed E-state index contributed by atoms with van der Waals surface area (Å²) in [4.78, 5) is 24.3. The Bertz CT molecular complexity index is 683. The third-order valence-electron chi connectivity index (χ3n) is 3.58. The fourth-order valence-electron chi connectivity index (χ4n) is 2.53. The van der Waals surface area contributed by atoms with Crippen LogP contribution in [0.25, 0.3) is 0 Å². The normalized spacial score (nSPS) is 19.3. The van der Waals surface area contributed by atoms with Gasteiger partial charge < -0.3 is 10.1 Å². The molecule has 0 spiro atoms. The Balaban J connectivity index is 2.15. The zero-order valence-corrected chi connectivity index (χ0v) is 14.7. The van der Waals surface area contributed by atoms with Crippen LogP contribution in [-0.4, -0.2) is 50.0 Å². The fraction of sp³-hybridized carbons (Fsp3) is 0.571. The maximum atomic E-state index is 12.5. The summed E-state index contributed by atoms with van der Waals surface area (Å²) in [5.41, 5.74) is 0.284. The number of carbonyl (C=O) groups is 2. The number of carbonyl (C=O) groups excluding carboxylic acids is 2. The highest BCUT2D eigenvalue weighted by Gasteiger charge is 2.35. The van der Waals surface area contributed by atoms with E-state index in [0.717, 1.165) is 19.1 Å². The lowest BCUT2D eigenvalue weighted by Crippen LogP contribution is -2.49. The minimum absolute atomic E-state index is 0.243. The SMILES string of the molecule is CCOC(=O)c1ccsc1NC(=O)C1CCCCN1S(C)(=O)=O. The quantitative estimate of drug-likeness (QED) is 0.807. The van der Waals surface area contributed by atoms with Gasteiger partial charge in [0.15, 0.2) is 0 Å². The molecule has 1 atom stereocenters. The minimum Gasteiger partial charge on any atom is -0.462 e. The summed E-state index contributed by atoms with van der Waals surface area (Å²) in [6.07, 6.45) is 3.11. The van der Waals surface area contributed by atoms with Crippen LogP contribution in [0, 0.1) is 0 Å². The van der Waals surface area contributed by atoms with Gasteiger partial charge in [-0.05, 0) is 31.2 Å². The van der Waals surface area contributed by atoms with Crippen molar-refractivity contribution in [1.82, 2.24) is 4.31 Å². The molecule has 0 radical (unpaired) electrons. The number of hydrogen-bond acceptors (Lipinski definition) is 6. The first-order valence-electron chi connectivity index (χ1n) is 7.37. The average molecular weight is 360 g/mol. The summed E-state index contributed by atoms with van der Waals surface area (Å²) in [5.74, 6) is -0.921. The van der Waals surface area contributed by atoms with Gasteiger partial charge in [-0.25, -0.2) is 13.2 Å². The number of ether oxygens (including phenoxy) is 1. The van der Waals surface area contributed by atoms with Gasteiger partial charge in [0.25, 0.3) is 0 Å². The molecule has 2 heterocycles. The summed E-state index contributed by atoms with van der Waals surface area (Å²) in [5, 5.41) is 4.73. The first-order valence-corrected chi connectivity index (χ1v) is 10.1. The van der Waals surface area contributed by atoms with Gasteiger partial charge >= 0.3 is 5.97 Å². The number of nitrogens with one attached hydrogen (secondary N) is 1. The van der Waals surface area contributed by atoms with E-state index >= 15 is 0 Å². The van der Waals surface area contributed by atoms with Crippen molar-refractivity contribution in [2.45, 2.75) is 32.2 Å². The second kappa shape index (κ2) is 7.41. The number of nitrogens with zero attached hydrogens (tertiary/aromatic N) is 1. The minimum atomic E-state index is -3.45. The standard InChI is InChI=1S/C14H20N2O5S2/c1-3-21-14(18)10-7-9-22-13(10)15-12(17)11-6-4-5-8-16(11)23(2,19)20/h7,9,11H,3-6,8H2,1-2H3,(H,15,17). The van der Waals surface area contributed by atoms with Crippen molar-refractivity contribution < 1.29 is 22.7 Å². The number of thiophene rings is 1. The van der Waals surface area contributed by atoms with Gasteiger partial charge in [0.1, 0.15) is 11.0 Å². The van der Waals surface area contributed by atoms with Crippen molar-refractivity contribution in [3.8, 4) is 0 Å². The van der Waals surface area contributed by atoms with Gasteiger partial charge in [-0.15, -0.1) is 11.3 Å². The molecule has 1 aromatic heterocycles. The Kier molecular flexibility index (Phi) is 5.77. The molecule has 7 nitrogen and oxygen atoms in total. The van der Waals surface area contributed by atoms with Gasteiger partial charge in [0.2, 0.25) is 15.9 Å². The molecule has 1 unspecified atom stereocenters. The van der Waals surface area contributed by atoms with Crippen molar-refractivity contribution in [3.05, 3.63) is 17.0 Å². The summed E-state index contributed by atoms with van der Waals surface area (Å²) in [6, 6.07) is 0.837. The maximum Gasteiger partial charge on any atom is 0.341 e. The van der Waals surface area contributed by atoms with Crippen molar-refractivity contribution in [1.29, 1.82) is 0 Å². The molecular weight excluding hydrogens is 340 g/mol. The summed E-state index contributed by atoms with van der Waals surface area (Å²) in [6.45, 7) is 2.28. The van der Waals surface area contributed by atoms with Gasteiger partial charge in [-0.3, -0.25) is 4.79 Å². The molecule has 0 bridgehead atoms. The first kappa shape index (κ1) is 17.9. The molecule has 128 valence electrons. The topological polar surface area (TPSA) is 92.8 Å². The van der Waals surface area contributed by atoms with E-state index in [2.05, 4.69) is 5.32 Å². The zero-order valence-electron chi connectivity index (χ0n) is 13.1. The van der Waals surface area contributed by atoms with Gasteiger partial charge in [-0.2, -0.15) is 4.31 Å². The molecular formula is C14H20N2O5S2. The van der Waals surface area contributed by atoms with E-state index in [1.54, 1.807) is 18.4 Å². The van der Waals surface area contributed by atoms with E-state index in [9.17, 15) is 18.0 Å². The molecule has 1 aromatic rings. The third kappa shape index (κ3) is 4.30. The lowest BCUT2D eigenvalue weighted by molar-refractivity contribution is -0.120. The van der Waals surface area contributed by atoms with E-state index in [1.165, 1.54) is 15.6 Å². The third-order valence-corrected chi connectivity index (χ3v) is 5.70. The molecule has 1 N–H and O–H groups in total. The van der Waals surface area contributed by atoms with Crippen LogP contribution in [0.5, 0.6) is 0 Å². The van der Waals surface area contributed by atoms with Crippen LogP contribution in [-0.2, 0) is 19.6 Å². The second-order valence-electron chi connectivity index (χ2n) is 5.26. The Morgan fingerprint density at radius 1 is 1.43 bits per heavy atom. The lowest BCUT2D eigenvalue weighted by atomic mass is 10.0. The van der Waals surface area contributed by atoms with Crippen LogP contribution in [0.3, 0.4) is 0 Å². The highest BCUT2D eigenvalue weighted by molar-refractivity contribution is 7.88. The van der Waals surface area contributed by atoms with E-state index in [0.29, 0.717) is 18.0 Å². The van der Waals surface area contributed by atoms with Crippen LogP contribution < -0.4 is 5.32 Å². The number of piperidine rings is 1. The molecule has 1 amide bonds. The Morgan fingerprint density at radius 2 is 2.17 bits per heavy atom. The monoisotopic (exact) mass is 360 g/mol. The zero-order chi connectivity index (χ0) is 17.0. The molecule has 2 rings (SSSR count). The van der Waals surface area contributed by atoms with E-state index < -0.39 is 27.9 Å². The maximum absolute atomic E-state index is 12.5. The second-order valence-corrected chi connectivity index (χ2v) is 8.11. The molecule has 9 heteroatoms. The van der Waals surface area contributed by atoms with Crippen molar-refractivity contribution in [2.24, 2.45) is 0 Å². The smallest absolute Gasteiger partial charge is 0.341 e. The molecule has 23 heavy (non-hydrogen) atoms. The first-order chi connectivity index (χ1) is 10.8. The lowest BCUT2D eigenvalue weighted by Gasteiger charge is -2.32. The van der Waals surface area contributed by atoms with Gasteiger partial charge in [0.05, 0.1) is 18.4 Å². The van der Waals surface area contributed by atoms with Crippen LogP contribution in [0.15, 0.2) is 11.4 Å². The van der Waals surface area contributed by atoms with Crippen molar-refractivity contribution in [3.63, 3.8) is 0 Å². The van der Waals surface area contributed by atoms with Crippen molar-refractivity contribution >= 4 is 38.2 Å². The summed E-state index contributed by atoms with van der Waals surface area (Å²) in [7, 11) is -3.45. The number of hydrogen-bond donors (Lipinski definition) is 1. The highest BCUT2D eigenvalue weighted by Crippen LogP contribution is 2.26. The van der Waals surface area contributed by atoms with Gasteiger partial charge in [0, 0.05) is 6.54 Å². The molecule has 1 aliphatic rings. The summed E-state index contributed by atoms with van der Waals surface area (Å²) < 4.78 is 29.8. The Hall–Kier alpha value is -1.45. The number of amides is 1. The van der Waals surface area contributed by atoms with Crippen LogP contribution in [0.4, 0.5) is 5.00 Å². The molecule has 0 aromatic carbocycles. The highest BCUT2D eigenvalue weighted by atomic mass is 32.2. The number of rotatable bonds is 5. The molecule has 1 saturated heterocycles. The predicted octanol–water partition coefficient (Wildman–Crippen LogP) is 1.68. The van der Waals surface area contributed by atoms with Crippen LogP contribution in [0.1, 0.15) is 36.5 Å². The summed E-state index contributed by atoms with van der Waals surface area (Å²) >= 11 is 1.20. The van der Waals surface area contributed by atoms with E-state index in [4.69, 9.17) is 4.74 Å². The molecule has 1 fully saturated rings. The Morgan fingerprint density at radius 3 is 2.83 bits per heavy atom. The van der Waals surface area contributed by atoms with E-state index in [1.807, 2.05) is 0 Å².